The van der Waals surface area contributed by atoms with Crippen LogP contribution in [0.5, 0.6) is 0 Å². The average molecular weight is 800 g/mol. The van der Waals surface area contributed by atoms with Gasteiger partial charge in [0.15, 0.2) is 0 Å². The standard InChI is InChI=1S/C18H37NO2.C16H33NO2.C13H27NO2/c1-3-5-6-7-8-9-10-11-12-13-14-15-16-17-18(4-2)19(20)21;1-2-3-4-5-6-7-8-9-10-11-12-13-14-15-16-17(18)19;1-3-5-6-7-8-9-10-12-13(11-4-2)14(15)16/h18H,3-17H2,1-2H3;2-16H2,1H3;13H,3-12H2,1-2H3. The summed E-state index contributed by atoms with van der Waals surface area (Å²) in [7, 11) is 0. The van der Waals surface area contributed by atoms with Crippen LogP contribution in [0.3, 0.4) is 0 Å². The summed E-state index contributed by atoms with van der Waals surface area (Å²) >= 11 is 0. The third-order valence-corrected chi connectivity index (χ3v) is 11.2. The van der Waals surface area contributed by atoms with Crippen LogP contribution in [0.2, 0.25) is 0 Å². The minimum atomic E-state index is -0.308. The van der Waals surface area contributed by atoms with Crippen LogP contribution in [0.25, 0.3) is 0 Å². The van der Waals surface area contributed by atoms with E-state index in [-0.39, 0.29) is 33.4 Å². The number of hydrogen-bond donors (Lipinski definition) is 0. The fourth-order valence-electron chi connectivity index (χ4n) is 7.32. The van der Waals surface area contributed by atoms with Crippen molar-refractivity contribution >= 4 is 0 Å². The summed E-state index contributed by atoms with van der Waals surface area (Å²) in [5.74, 6) is 0. The summed E-state index contributed by atoms with van der Waals surface area (Å²) in [6, 6.07) is -0.599. The number of nitro groups is 3. The first-order valence-corrected chi connectivity index (χ1v) is 24.6. The Kier molecular flexibility index (Phi) is 53.5. The Hall–Kier alpha value is -1.80. The Morgan fingerprint density at radius 1 is 0.304 bits per heavy atom. The molecule has 0 aromatic rings. The largest absolute Gasteiger partial charge is 0.265 e. The highest BCUT2D eigenvalue weighted by Crippen LogP contribution is 2.16. The zero-order valence-corrected chi connectivity index (χ0v) is 38.2. The molecule has 9 nitrogen and oxygen atoms in total. The van der Waals surface area contributed by atoms with Gasteiger partial charge in [-0.1, -0.05) is 227 Å². The van der Waals surface area contributed by atoms with E-state index in [9.17, 15) is 30.3 Å². The molecule has 0 radical (unpaired) electrons. The van der Waals surface area contributed by atoms with Gasteiger partial charge in [0.2, 0.25) is 18.6 Å². The summed E-state index contributed by atoms with van der Waals surface area (Å²) in [4.78, 5) is 31.1. The second-order valence-corrected chi connectivity index (χ2v) is 16.7. The molecule has 0 heterocycles. The van der Waals surface area contributed by atoms with Crippen molar-refractivity contribution in [2.75, 3.05) is 6.54 Å². The molecular formula is C47H97N3O6. The van der Waals surface area contributed by atoms with Crippen molar-refractivity contribution < 1.29 is 14.8 Å². The molecule has 56 heavy (non-hydrogen) atoms. The maximum Gasteiger partial charge on any atom is 0.213 e. The highest BCUT2D eigenvalue weighted by molar-refractivity contribution is 4.58. The van der Waals surface area contributed by atoms with Gasteiger partial charge in [0, 0.05) is 46.9 Å². The lowest BCUT2D eigenvalue weighted by Crippen LogP contribution is -2.18. The predicted molar refractivity (Wildman–Crippen MR) is 242 cm³/mol. The van der Waals surface area contributed by atoms with E-state index in [4.69, 9.17) is 0 Å². The van der Waals surface area contributed by atoms with E-state index in [1.807, 2.05) is 13.8 Å². The molecule has 0 bridgehead atoms. The molecule has 0 amide bonds. The van der Waals surface area contributed by atoms with Gasteiger partial charge in [0.1, 0.15) is 0 Å². The van der Waals surface area contributed by atoms with E-state index in [0.717, 1.165) is 57.8 Å². The number of nitrogens with zero attached hydrogens (tertiary/aromatic N) is 3. The van der Waals surface area contributed by atoms with E-state index in [1.165, 1.54) is 186 Å². The van der Waals surface area contributed by atoms with Crippen molar-refractivity contribution in [2.24, 2.45) is 0 Å². The van der Waals surface area contributed by atoms with Gasteiger partial charge in [-0.25, -0.2) is 0 Å². The van der Waals surface area contributed by atoms with Crippen LogP contribution in [0.15, 0.2) is 0 Å². The molecule has 0 aromatic carbocycles. The molecule has 0 saturated heterocycles. The Labute approximate surface area is 347 Å². The van der Waals surface area contributed by atoms with Crippen LogP contribution in [0.1, 0.15) is 285 Å². The lowest BCUT2D eigenvalue weighted by Gasteiger charge is -2.07. The zero-order chi connectivity index (χ0) is 42.2. The monoisotopic (exact) mass is 800 g/mol. The lowest BCUT2D eigenvalue weighted by atomic mass is 10.0. The fraction of sp³-hybridized carbons (Fsp3) is 1.00. The van der Waals surface area contributed by atoms with Gasteiger partial charge in [-0.2, -0.15) is 0 Å². The SMILES string of the molecule is CCCCCCCCCC(CCC)[N+](=O)[O-].CCCCCCCCCCCCCCCC(CC)[N+](=O)[O-].CCCCCCCCCCCCCCCC[N+](=O)[O-]. The maximum absolute atomic E-state index is 10.7. The zero-order valence-electron chi connectivity index (χ0n) is 38.2. The molecule has 0 fully saturated rings. The summed E-state index contributed by atoms with van der Waals surface area (Å²) in [6.45, 7) is 10.8. The molecular weight excluding hydrogens is 703 g/mol. The second-order valence-electron chi connectivity index (χ2n) is 16.7. The Balaban J connectivity index is -0.000000759. The quantitative estimate of drug-likeness (QED) is 0.0343. The van der Waals surface area contributed by atoms with Gasteiger partial charge in [0.25, 0.3) is 0 Å². The summed E-state index contributed by atoms with van der Waals surface area (Å²) in [6.07, 6.45) is 47.8. The van der Waals surface area contributed by atoms with Crippen molar-refractivity contribution in [3.05, 3.63) is 30.3 Å². The normalized spacial score (nSPS) is 11.9. The Bertz CT molecular complexity index is 800. The first kappa shape index (κ1) is 58.5. The van der Waals surface area contributed by atoms with Gasteiger partial charge >= 0.3 is 0 Å². The van der Waals surface area contributed by atoms with Gasteiger partial charge < -0.3 is 0 Å². The van der Waals surface area contributed by atoms with Crippen LogP contribution in [-0.2, 0) is 0 Å². The van der Waals surface area contributed by atoms with Gasteiger partial charge in [0.05, 0.1) is 0 Å². The Morgan fingerprint density at radius 2 is 0.554 bits per heavy atom. The van der Waals surface area contributed by atoms with Crippen LogP contribution in [-0.4, -0.2) is 33.4 Å². The van der Waals surface area contributed by atoms with Crippen LogP contribution >= 0.6 is 0 Å². The van der Waals surface area contributed by atoms with Crippen molar-refractivity contribution in [2.45, 2.75) is 297 Å². The van der Waals surface area contributed by atoms with Crippen molar-refractivity contribution in [1.82, 2.24) is 0 Å². The van der Waals surface area contributed by atoms with E-state index < -0.39 is 0 Å². The summed E-state index contributed by atoms with van der Waals surface area (Å²) in [5, 5.41) is 31.5. The van der Waals surface area contributed by atoms with E-state index in [1.54, 1.807) is 0 Å². The van der Waals surface area contributed by atoms with E-state index in [2.05, 4.69) is 20.8 Å². The van der Waals surface area contributed by atoms with E-state index >= 15 is 0 Å². The topological polar surface area (TPSA) is 129 Å². The first-order valence-electron chi connectivity index (χ1n) is 24.6. The molecule has 0 aliphatic carbocycles. The third-order valence-electron chi connectivity index (χ3n) is 11.2. The molecule has 0 spiro atoms. The van der Waals surface area contributed by atoms with Crippen molar-refractivity contribution in [1.29, 1.82) is 0 Å². The van der Waals surface area contributed by atoms with Gasteiger partial charge in [-0.05, 0) is 25.7 Å². The highest BCUT2D eigenvalue weighted by Gasteiger charge is 2.17. The molecule has 0 aliphatic heterocycles. The second kappa shape index (κ2) is 51.2. The fourth-order valence-corrected chi connectivity index (χ4v) is 7.32. The minimum Gasteiger partial charge on any atom is -0.265 e. The highest BCUT2D eigenvalue weighted by atomic mass is 16.6. The Morgan fingerprint density at radius 3 is 0.786 bits per heavy atom. The average Bonchev–Trinajstić information content (AvgIpc) is 3.17. The van der Waals surface area contributed by atoms with Crippen molar-refractivity contribution in [3.63, 3.8) is 0 Å². The molecule has 0 saturated carbocycles. The van der Waals surface area contributed by atoms with Crippen molar-refractivity contribution in [3.8, 4) is 0 Å². The molecule has 2 unspecified atom stereocenters. The van der Waals surface area contributed by atoms with Crippen LogP contribution < -0.4 is 0 Å². The molecule has 0 aromatic heterocycles. The molecule has 336 valence electrons. The van der Waals surface area contributed by atoms with Gasteiger partial charge in [-0.15, -0.1) is 0 Å². The third kappa shape index (κ3) is 52.2. The molecule has 0 rings (SSSR count). The number of rotatable bonds is 42. The first-order chi connectivity index (χ1) is 27.2. The smallest absolute Gasteiger partial charge is 0.213 e. The molecule has 0 N–H and O–H groups in total. The molecule has 2 atom stereocenters. The van der Waals surface area contributed by atoms with Gasteiger partial charge in [-0.3, -0.25) is 30.3 Å². The summed E-state index contributed by atoms with van der Waals surface area (Å²) in [5.41, 5.74) is 0. The lowest BCUT2D eigenvalue weighted by molar-refractivity contribution is -0.524. The minimum absolute atomic E-state index is 0.0966. The van der Waals surface area contributed by atoms with Crippen LogP contribution in [0, 0.1) is 30.3 Å². The molecule has 0 aliphatic rings. The molecule has 9 heteroatoms. The summed E-state index contributed by atoms with van der Waals surface area (Å²) < 4.78 is 0. The van der Waals surface area contributed by atoms with Crippen LogP contribution in [0.4, 0.5) is 0 Å². The predicted octanol–water partition coefficient (Wildman–Crippen LogP) is 16.8. The van der Waals surface area contributed by atoms with E-state index in [0.29, 0.717) is 6.42 Å². The number of unbranched alkanes of at least 4 members (excludes halogenated alkanes) is 31. The number of hydrogen-bond acceptors (Lipinski definition) is 6. The maximum atomic E-state index is 10.7.